The summed E-state index contributed by atoms with van der Waals surface area (Å²) in [6, 6.07) is 4.03. The Bertz CT molecular complexity index is 699. The molecule has 0 saturated carbocycles. The summed E-state index contributed by atoms with van der Waals surface area (Å²) in [5.74, 6) is -0.325. The van der Waals surface area contributed by atoms with E-state index in [4.69, 9.17) is 5.73 Å². The molecule has 0 unspecified atom stereocenters. The monoisotopic (exact) mass is 341 g/mol. The SMILES string of the molecule is Nc1ccc([N+](=O)[O-])cc1Cn1cc(Br)c([N+](=O)[O-])n1. The molecule has 0 radical (unpaired) electrons. The molecule has 2 rings (SSSR count). The van der Waals surface area contributed by atoms with Crippen molar-refractivity contribution in [2.24, 2.45) is 0 Å². The molecule has 2 N–H and O–H groups in total. The number of nitrogens with two attached hydrogens (primary N) is 1. The third-order valence-corrected chi connectivity index (χ3v) is 3.10. The lowest BCUT2D eigenvalue weighted by Gasteiger charge is -2.03. The van der Waals surface area contributed by atoms with Crippen molar-refractivity contribution in [3.8, 4) is 0 Å². The molecule has 0 atom stereocenters. The van der Waals surface area contributed by atoms with E-state index in [1.165, 1.54) is 29.1 Å². The first-order valence-corrected chi connectivity index (χ1v) is 6.08. The second-order valence-corrected chi connectivity index (χ2v) is 4.75. The summed E-state index contributed by atoms with van der Waals surface area (Å²) in [5, 5.41) is 25.2. The van der Waals surface area contributed by atoms with Gasteiger partial charge in [0.1, 0.15) is 4.47 Å². The number of aromatic nitrogens is 2. The number of anilines is 1. The molecule has 1 heterocycles. The first-order chi connectivity index (χ1) is 9.38. The molecule has 9 nitrogen and oxygen atoms in total. The maximum Gasteiger partial charge on any atom is 0.404 e. The zero-order chi connectivity index (χ0) is 14.9. The van der Waals surface area contributed by atoms with Crippen LogP contribution in [0.5, 0.6) is 0 Å². The van der Waals surface area contributed by atoms with Crippen LogP contribution in [-0.4, -0.2) is 19.6 Å². The minimum Gasteiger partial charge on any atom is -0.398 e. The van der Waals surface area contributed by atoms with Crippen molar-refractivity contribution in [2.45, 2.75) is 6.54 Å². The van der Waals surface area contributed by atoms with Gasteiger partial charge in [0.05, 0.1) is 22.8 Å². The van der Waals surface area contributed by atoms with E-state index in [9.17, 15) is 20.2 Å². The predicted octanol–water partition coefficient (Wildman–Crippen LogP) is 2.09. The first kappa shape index (κ1) is 13.9. The minimum atomic E-state index is -0.628. The molecular weight excluding hydrogens is 334 g/mol. The summed E-state index contributed by atoms with van der Waals surface area (Å²) in [5.41, 5.74) is 6.44. The number of hydrogen-bond donors (Lipinski definition) is 1. The Hall–Kier alpha value is -2.49. The second kappa shape index (κ2) is 5.25. The van der Waals surface area contributed by atoms with Gasteiger partial charge in [0.2, 0.25) is 0 Å². The van der Waals surface area contributed by atoms with Gasteiger partial charge in [-0.25, -0.2) is 0 Å². The number of rotatable bonds is 4. The number of nitrogens with zero attached hydrogens (tertiary/aromatic N) is 4. The zero-order valence-electron chi connectivity index (χ0n) is 9.89. The fourth-order valence-electron chi connectivity index (χ4n) is 1.61. The fraction of sp³-hybridized carbons (Fsp3) is 0.100. The number of hydrogen-bond acceptors (Lipinski definition) is 6. The minimum absolute atomic E-state index is 0.0972. The highest BCUT2D eigenvalue weighted by Crippen LogP contribution is 2.25. The lowest BCUT2D eigenvalue weighted by molar-refractivity contribution is -0.390. The number of nitro groups is 2. The Labute approximate surface area is 120 Å². The molecule has 20 heavy (non-hydrogen) atoms. The first-order valence-electron chi connectivity index (χ1n) is 5.28. The summed E-state index contributed by atoms with van der Waals surface area (Å²) in [6.45, 7) is 0.0972. The van der Waals surface area contributed by atoms with Gasteiger partial charge in [-0.1, -0.05) is 0 Å². The van der Waals surface area contributed by atoms with E-state index in [0.29, 0.717) is 11.3 Å². The Morgan fingerprint density at radius 2 is 2.00 bits per heavy atom. The van der Waals surface area contributed by atoms with Crippen molar-refractivity contribution >= 4 is 33.1 Å². The number of halogens is 1. The molecule has 104 valence electrons. The van der Waals surface area contributed by atoms with Crippen LogP contribution in [0.25, 0.3) is 0 Å². The average Bonchev–Trinajstić information content (AvgIpc) is 2.73. The molecule has 0 aliphatic carbocycles. The number of nitro benzene ring substituents is 1. The Morgan fingerprint density at radius 1 is 1.30 bits per heavy atom. The molecule has 0 saturated heterocycles. The van der Waals surface area contributed by atoms with Crippen LogP contribution in [0.1, 0.15) is 5.56 Å². The lowest BCUT2D eigenvalue weighted by atomic mass is 10.1. The molecule has 1 aromatic carbocycles. The van der Waals surface area contributed by atoms with E-state index in [2.05, 4.69) is 21.0 Å². The van der Waals surface area contributed by atoms with E-state index in [1.807, 2.05) is 0 Å². The number of nitrogen functional groups attached to an aromatic ring is 1. The van der Waals surface area contributed by atoms with Crippen LogP contribution in [-0.2, 0) is 6.54 Å². The Morgan fingerprint density at radius 3 is 2.55 bits per heavy atom. The van der Waals surface area contributed by atoms with E-state index < -0.39 is 9.85 Å². The van der Waals surface area contributed by atoms with Crippen molar-refractivity contribution in [2.75, 3.05) is 5.73 Å². The van der Waals surface area contributed by atoms with E-state index in [0.717, 1.165) is 0 Å². The zero-order valence-corrected chi connectivity index (χ0v) is 11.5. The highest BCUT2D eigenvalue weighted by atomic mass is 79.9. The smallest absolute Gasteiger partial charge is 0.398 e. The summed E-state index contributed by atoms with van der Waals surface area (Å²) in [7, 11) is 0. The van der Waals surface area contributed by atoms with Gasteiger partial charge in [0, 0.05) is 23.4 Å². The van der Waals surface area contributed by atoms with Gasteiger partial charge < -0.3 is 15.8 Å². The van der Waals surface area contributed by atoms with Crippen molar-refractivity contribution < 1.29 is 9.85 Å². The topological polar surface area (TPSA) is 130 Å². The predicted molar refractivity (Wildman–Crippen MR) is 73.2 cm³/mol. The highest BCUT2D eigenvalue weighted by molar-refractivity contribution is 9.10. The maximum atomic E-state index is 10.7. The van der Waals surface area contributed by atoms with Gasteiger partial charge in [-0.05, 0) is 26.9 Å². The third kappa shape index (κ3) is 2.74. The van der Waals surface area contributed by atoms with E-state index in [1.54, 1.807) is 0 Å². The standard InChI is InChI=1S/C10H8BrN5O4/c11-8-5-14(13-10(8)16(19)20)4-6-3-7(15(17)18)1-2-9(6)12/h1-3,5H,4,12H2. The van der Waals surface area contributed by atoms with Crippen molar-refractivity contribution in [3.63, 3.8) is 0 Å². The summed E-state index contributed by atoms with van der Waals surface area (Å²) in [4.78, 5) is 20.2. The van der Waals surface area contributed by atoms with E-state index >= 15 is 0 Å². The molecule has 1 aromatic heterocycles. The van der Waals surface area contributed by atoms with Crippen LogP contribution in [0.4, 0.5) is 17.2 Å². The molecule has 2 aromatic rings. The van der Waals surface area contributed by atoms with Crippen molar-refractivity contribution in [1.82, 2.24) is 9.78 Å². The van der Waals surface area contributed by atoms with Crippen LogP contribution >= 0.6 is 15.9 Å². The molecular formula is C10H8BrN5O4. The molecule has 0 fully saturated rings. The van der Waals surface area contributed by atoms with Crippen LogP contribution in [0.3, 0.4) is 0 Å². The lowest BCUT2D eigenvalue weighted by Crippen LogP contribution is -2.05. The molecule has 0 spiro atoms. The van der Waals surface area contributed by atoms with Crippen molar-refractivity contribution in [1.29, 1.82) is 0 Å². The average molecular weight is 342 g/mol. The maximum absolute atomic E-state index is 10.7. The van der Waals surface area contributed by atoms with Gasteiger partial charge in [-0.2, -0.15) is 4.68 Å². The summed E-state index contributed by atoms with van der Waals surface area (Å²) in [6.07, 6.45) is 1.41. The number of benzene rings is 1. The Kier molecular flexibility index (Phi) is 3.66. The van der Waals surface area contributed by atoms with Crippen LogP contribution in [0, 0.1) is 20.2 Å². The molecule has 0 bridgehead atoms. The molecule has 0 aliphatic heterocycles. The summed E-state index contributed by atoms with van der Waals surface area (Å²) >= 11 is 3.02. The van der Waals surface area contributed by atoms with Crippen LogP contribution < -0.4 is 5.73 Å². The molecule has 10 heteroatoms. The second-order valence-electron chi connectivity index (χ2n) is 3.90. The highest BCUT2D eigenvalue weighted by Gasteiger charge is 2.19. The third-order valence-electron chi connectivity index (χ3n) is 2.54. The number of non-ortho nitro benzene ring substituents is 1. The van der Waals surface area contributed by atoms with Gasteiger partial charge in [-0.3, -0.25) is 10.1 Å². The van der Waals surface area contributed by atoms with Gasteiger partial charge >= 0.3 is 5.82 Å². The van der Waals surface area contributed by atoms with Crippen molar-refractivity contribution in [3.05, 3.63) is 54.7 Å². The van der Waals surface area contributed by atoms with Gasteiger partial charge in [-0.15, -0.1) is 0 Å². The molecule has 0 aliphatic rings. The fourth-order valence-corrected chi connectivity index (χ4v) is 2.07. The quantitative estimate of drug-likeness (QED) is 0.514. The Balaban J connectivity index is 2.34. The van der Waals surface area contributed by atoms with Gasteiger partial charge in [0.15, 0.2) is 0 Å². The summed E-state index contributed by atoms with van der Waals surface area (Å²) < 4.78 is 1.52. The molecule has 0 amide bonds. The van der Waals surface area contributed by atoms with Gasteiger partial charge in [0.25, 0.3) is 5.69 Å². The van der Waals surface area contributed by atoms with E-state index in [-0.39, 0.29) is 22.5 Å². The normalized spacial score (nSPS) is 10.4. The van der Waals surface area contributed by atoms with Crippen LogP contribution in [0.2, 0.25) is 0 Å². The van der Waals surface area contributed by atoms with Crippen LogP contribution in [0.15, 0.2) is 28.9 Å². The largest absolute Gasteiger partial charge is 0.404 e.